The normalized spacial score (nSPS) is 11.5. The Hall–Kier alpha value is -3.00. The summed E-state index contributed by atoms with van der Waals surface area (Å²) >= 11 is 6.07. The number of benzene rings is 2. The number of hydrogen-bond acceptors (Lipinski definition) is 3. The van der Waals surface area contributed by atoms with E-state index in [9.17, 15) is 23.1 Å². The molecule has 1 aromatic heterocycles. The van der Waals surface area contributed by atoms with Crippen LogP contribution in [0.15, 0.2) is 48.5 Å². The quantitative estimate of drug-likeness (QED) is 0.693. The van der Waals surface area contributed by atoms with E-state index >= 15 is 0 Å². The van der Waals surface area contributed by atoms with Gasteiger partial charge in [-0.3, -0.25) is 0 Å². The van der Waals surface area contributed by atoms with Crippen molar-refractivity contribution >= 4 is 17.6 Å². The maximum absolute atomic E-state index is 13.1. The van der Waals surface area contributed by atoms with Crippen LogP contribution in [0.25, 0.3) is 16.9 Å². The summed E-state index contributed by atoms with van der Waals surface area (Å²) in [4.78, 5) is 11.2. The van der Waals surface area contributed by atoms with Crippen molar-refractivity contribution in [3.05, 3.63) is 64.8 Å². The van der Waals surface area contributed by atoms with E-state index in [1.54, 1.807) is 12.1 Å². The number of aromatic carboxylic acids is 1. The molecule has 26 heavy (non-hydrogen) atoms. The zero-order chi connectivity index (χ0) is 19.1. The molecule has 3 aromatic rings. The summed E-state index contributed by atoms with van der Waals surface area (Å²) in [5, 5.41) is 22.5. The summed E-state index contributed by atoms with van der Waals surface area (Å²) in [6.07, 6.45) is -4.70. The Morgan fingerprint density at radius 3 is 2.42 bits per heavy atom. The van der Waals surface area contributed by atoms with Crippen molar-refractivity contribution in [3.8, 4) is 22.7 Å². The molecule has 0 unspecified atom stereocenters. The molecule has 0 aliphatic rings. The lowest BCUT2D eigenvalue weighted by atomic mass is 10.1. The molecule has 0 saturated heterocycles. The number of rotatable bonds is 3. The Morgan fingerprint density at radius 1 is 1.12 bits per heavy atom. The Kier molecular flexibility index (Phi) is 4.37. The Balaban J connectivity index is 2.27. The molecule has 9 heteroatoms. The molecule has 0 radical (unpaired) electrons. The number of alkyl halides is 3. The molecule has 0 aliphatic heterocycles. The second-order valence-electron chi connectivity index (χ2n) is 5.31. The fraction of sp³-hybridized carbons (Fsp3) is 0.0588. The van der Waals surface area contributed by atoms with Gasteiger partial charge in [-0.1, -0.05) is 23.7 Å². The Labute approximate surface area is 149 Å². The van der Waals surface area contributed by atoms with E-state index in [0.29, 0.717) is 0 Å². The fourth-order valence-corrected chi connectivity index (χ4v) is 2.61. The van der Waals surface area contributed by atoms with Crippen molar-refractivity contribution in [2.45, 2.75) is 6.18 Å². The molecule has 0 aliphatic carbocycles. The fourth-order valence-electron chi connectivity index (χ4n) is 2.40. The summed E-state index contributed by atoms with van der Waals surface area (Å²) in [5.74, 6) is -1.91. The van der Waals surface area contributed by atoms with Crippen LogP contribution < -0.4 is 0 Å². The number of para-hydroxylation sites is 1. The number of phenols is 1. The van der Waals surface area contributed by atoms with Crippen LogP contribution in [0.5, 0.6) is 5.75 Å². The van der Waals surface area contributed by atoms with E-state index < -0.39 is 29.2 Å². The zero-order valence-electron chi connectivity index (χ0n) is 12.8. The highest BCUT2D eigenvalue weighted by atomic mass is 35.5. The van der Waals surface area contributed by atoms with Gasteiger partial charge in [-0.15, -0.1) is 0 Å². The van der Waals surface area contributed by atoms with E-state index in [0.717, 1.165) is 22.9 Å². The van der Waals surface area contributed by atoms with Crippen molar-refractivity contribution in [2.75, 3.05) is 0 Å². The first-order chi connectivity index (χ1) is 12.2. The van der Waals surface area contributed by atoms with Crippen LogP contribution >= 0.6 is 11.6 Å². The van der Waals surface area contributed by atoms with Gasteiger partial charge in [0.05, 0.1) is 16.4 Å². The predicted molar refractivity (Wildman–Crippen MR) is 87.6 cm³/mol. The third kappa shape index (κ3) is 3.23. The average molecular weight is 383 g/mol. The summed E-state index contributed by atoms with van der Waals surface area (Å²) in [7, 11) is 0. The third-order valence-electron chi connectivity index (χ3n) is 3.60. The van der Waals surface area contributed by atoms with E-state index in [1.807, 2.05) is 0 Å². The molecule has 1 heterocycles. The second-order valence-corrected chi connectivity index (χ2v) is 5.72. The maximum atomic E-state index is 13.1. The van der Waals surface area contributed by atoms with Gasteiger partial charge in [0.15, 0.2) is 5.69 Å². The first kappa shape index (κ1) is 17.8. The van der Waals surface area contributed by atoms with Crippen molar-refractivity contribution in [1.29, 1.82) is 0 Å². The van der Waals surface area contributed by atoms with Crippen LogP contribution in [0, 0.1) is 0 Å². The molecule has 134 valence electrons. The molecular formula is C17H10ClF3N2O3. The molecule has 0 fully saturated rings. The number of halogens is 4. The monoisotopic (exact) mass is 382 g/mol. The number of aromatic nitrogens is 2. The third-order valence-corrected chi connectivity index (χ3v) is 3.92. The lowest BCUT2D eigenvalue weighted by Crippen LogP contribution is -2.07. The Bertz CT molecular complexity index is 999. The molecule has 5 nitrogen and oxygen atoms in total. The first-order valence-corrected chi connectivity index (χ1v) is 7.55. The highest BCUT2D eigenvalue weighted by Crippen LogP contribution is 2.35. The van der Waals surface area contributed by atoms with Gasteiger partial charge < -0.3 is 10.2 Å². The topological polar surface area (TPSA) is 75.3 Å². The average Bonchev–Trinajstić information content (AvgIpc) is 3.01. The number of aromatic hydroxyl groups is 1. The molecule has 0 amide bonds. The minimum atomic E-state index is -4.70. The van der Waals surface area contributed by atoms with Crippen LogP contribution in [0.2, 0.25) is 5.02 Å². The van der Waals surface area contributed by atoms with Crippen molar-refractivity contribution in [3.63, 3.8) is 0 Å². The number of carboxylic acids is 1. The number of carboxylic acid groups (broad SMARTS) is 1. The molecule has 0 spiro atoms. The van der Waals surface area contributed by atoms with Gasteiger partial charge in [-0.25, -0.2) is 9.48 Å². The standard InChI is InChI=1S/C17H10ClF3N2O3/c18-11-3-1-2-4-12(11)23-13(8-15(22-23)17(19,20)21)9-5-6-14(24)10(7-9)16(25)26/h1-8,24H,(H,25,26). The van der Waals surface area contributed by atoms with E-state index in [4.69, 9.17) is 16.7 Å². The smallest absolute Gasteiger partial charge is 0.435 e. The van der Waals surface area contributed by atoms with E-state index in [2.05, 4.69) is 5.10 Å². The van der Waals surface area contributed by atoms with Gasteiger partial charge in [0.1, 0.15) is 11.3 Å². The summed E-state index contributed by atoms with van der Waals surface area (Å²) in [6.45, 7) is 0. The van der Waals surface area contributed by atoms with Crippen LogP contribution in [0.1, 0.15) is 16.1 Å². The van der Waals surface area contributed by atoms with Crippen LogP contribution in [0.4, 0.5) is 13.2 Å². The maximum Gasteiger partial charge on any atom is 0.435 e. The highest BCUT2D eigenvalue weighted by molar-refractivity contribution is 6.32. The number of hydrogen-bond donors (Lipinski definition) is 2. The Morgan fingerprint density at radius 2 is 1.81 bits per heavy atom. The van der Waals surface area contributed by atoms with Crippen LogP contribution in [-0.4, -0.2) is 26.0 Å². The van der Waals surface area contributed by atoms with Crippen molar-refractivity contribution < 1.29 is 28.2 Å². The van der Waals surface area contributed by atoms with Crippen molar-refractivity contribution in [1.82, 2.24) is 9.78 Å². The minimum Gasteiger partial charge on any atom is -0.507 e. The molecule has 3 rings (SSSR count). The van der Waals surface area contributed by atoms with Crippen molar-refractivity contribution in [2.24, 2.45) is 0 Å². The lowest BCUT2D eigenvalue weighted by molar-refractivity contribution is -0.141. The minimum absolute atomic E-state index is 0.0204. The second kappa shape index (κ2) is 6.38. The SMILES string of the molecule is O=C(O)c1cc(-c2cc(C(F)(F)F)nn2-c2ccccc2Cl)ccc1O. The van der Waals surface area contributed by atoms with E-state index in [1.165, 1.54) is 18.2 Å². The molecular weight excluding hydrogens is 373 g/mol. The van der Waals surface area contributed by atoms with Crippen LogP contribution in [0.3, 0.4) is 0 Å². The molecule has 0 atom stereocenters. The van der Waals surface area contributed by atoms with Gasteiger partial charge in [0, 0.05) is 5.56 Å². The summed E-state index contributed by atoms with van der Waals surface area (Å²) < 4.78 is 40.4. The zero-order valence-corrected chi connectivity index (χ0v) is 13.6. The van der Waals surface area contributed by atoms with Crippen LogP contribution in [-0.2, 0) is 6.18 Å². The first-order valence-electron chi connectivity index (χ1n) is 7.17. The predicted octanol–water partition coefficient (Wildman–Crippen LogP) is 4.62. The largest absolute Gasteiger partial charge is 0.507 e. The highest BCUT2D eigenvalue weighted by Gasteiger charge is 2.35. The van der Waals surface area contributed by atoms with Gasteiger partial charge in [0.25, 0.3) is 0 Å². The lowest BCUT2D eigenvalue weighted by Gasteiger charge is -2.10. The molecule has 0 saturated carbocycles. The molecule has 2 N–H and O–H groups in total. The van der Waals surface area contributed by atoms with Gasteiger partial charge in [-0.05, 0) is 36.4 Å². The summed E-state index contributed by atoms with van der Waals surface area (Å²) in [5.41, 5.74) is -1.29. The molecule has 0 bridgehead atoms. The number of carbonyl (C=O) groups is 1. The summed E-state index contributed by atoms with van der Waals surface area (Å²) in [6, 6.07) is 10.4. The van der Waals surface area contributed by atoms with Gasteiger partial charge in [0.2, 0.25) is 0 Å². The van der Waals surface area contributed by atoms with E-state index in [-0.39, 0.29) is 22.0 Å². The van der Waals surface area contributed by atoms with Gasteiger partial charge in [-0.2, -0.15) is 18.3 Å². The molecule has 2 aromatic carbocycles. The van der Waals surface area contributed by atoms with Gasteiger partial charge >= 0.3 is 12.1 Å². The number of nitrogens with zero attached hydrogens (tertiary/aromatic N) is 2.